The summed E-state index contributed by atoms with van der Waals surface area (Å²) in [5, 5.41) is 19.4. The van der Waals surface area contributed by atoms with Gasteiger partial charge in [-0.1, -0.05) is 53.5 Å². The van der Waals surface area contributed by atoms with E-state index < -0.39 is 46.3 Å². The average Bonchev–Trinajstić information content (AvgIpc) is 2.95. The molecule has 3 aromatic carbocycles. The Morgan fingerprint density at radius 2 is 1.60 bits per heavy atom. The van der Waals surface area contributed by atoms with Gasteiger partial charge in [0, 0.05) is 34.9 Å². The number of amides is 2. The van der Waals surface area contributed by atoms with Crippen molar-refractivity contribution in [2.45, 2.75) is 18.1 Å². The van der Waals surface area contributed by atoms with E-state index in [0.717, 1.165) is 11.1 Å². The summed E-state index contributed by atoms with van der Waals surface area (Å²) in [6.07, 6.45) is 0. The van der Waals surface area contributed by atoms with Crippen LogP contribution in [0, 0.1) is 0 Å². The number of hydrogen-bond donors (Lipinski definition) is 4. The molecule has 0 aliphatic carbocycles. The molecule has 14 heteroatoms. The molecule has 3 aromatic rings. The predicted molar refractivity (Wildman–Crippen MR) is 158 cm³/mol. The van der Waals surface area contributed by atoms with Crippen LogP contribution in [0.5, 0.6) is 5.75 Å². The Morgan fingerprint density at radius 3 is 2.10 bits per heavy atom. The SMILES string of the molecule is COc1cccc(N(C(=O)CS(=O)(=O)NC(CO)C(=O)NO)C2CN(C(c3ccc(Cl)cc3)c3ccc(Cl)cc3)C2)c1. The second kappa shape index (κ2) is 13.8. The number of ether oxygens (including phenoxy) is 1. The lowest BCUT2D eigenvalue weighted by atomic mass is 9.92. The first-order chi connectivity index (χ1) is 20.0. The fraction of sp³-hybridized carbons (Fsp3) is 0.286. The number of rotatable bonds is 12. The highest BCUT2D eigenvalue weighted by atomic mass is 35.5. The molecular formula is C28H30Cl2N4O7S. The van der Waals surface area contributed by atoms with Crippen LogP contribution in [0.1, 0.15) is 17.2 Å². The van der Waals surface area contributed by atoms with Crippen molar-refractivity contribution in [2.24, 2.45) is 0 Å². The minimum absolute atomic E-state index is 0.189. The maximum atomic E-state index is 13.6. The Morgan fingerprint density at radius 1 is 1.02 bits per heavy atom. The van der Waals surface area contributed by atoms with E-state index in [1.54, 1.807) is 48.5 Å². The molecule has 4 N–H and O–H groups in total. The maximum absolute atomic E-state index is 13.6. The first-order valence-corrected chi connectivity index (χ1v) is 15.2. The van der Waals surface area contributed by atoms with Gasteiger partial charge in [-0.05, 0) is 47.5 Å². The largest absolute Gasteiger partial charge is 0.497 e. The van der Waals surface area contributed by atoms with Crippen molar-refractivity contribution >= 4 is 50.7 Å². The van der Waals surface area contributed by atoms with E-state index in [0.29, 0.717) is 34.6 Å². The summed E-state index contributed by atoms with van der Waals surface area (Å²) < 4.78 is 32.9. The van der Waals surface area contributed by atoms with Crippen LogP contribution in [0.4, 0.5) is 5.69 Å². The zero-order valence-corrected chi connectivity index (χ0v) is 24.8. The molecule has 1 unspecified atom stereocenters. The lowest BCUT2D eigenvalue weighted by Crippen LogP contribution is -2.63. The molecule has 0 radical (unpaired) electrons. The molecule has 2 amide bonds. The monoisotopic (exact) mass is 636 g/mol. The molecule has 1 heterocycles. The molecule has 1 aliphatic rings. The standard InChI is InChI=1S/C28H30Cl2N4O7S/c1-41-24-4-2-3-22(13-24)34(26(36)17-42(39,40)32-25(16-35)28(37)31-38)23-14-33(15-23)27(18-5-9-20(29)10-6-18)19-7-11-21(30)12-8-19/h2-13,23,25,27,32,35,38H,14-17H2,1H3,(H,31,37). The lowest BCUT2D eigenvalue weighted by Gasteiger charge is -2.49. The number of likely N-dealkylation sites (tertiary alicyclic amines) is 1. The normalized spacial score (nSPS) is 14.7. The zero-order chi connectivity index (χ0) is 30.4. The van der Waals surface area contributed by atoms with Crippen LogP contribution < -0.4 is 19.8 Å². The summed E-state index contributed by atoms with van der Waals surface area (Å²) in [5.41, 5.74) is 3.66. The molecule has 0 saturated carbocycles. The molecule has 4 rings (SSSR count). The third-order valence-electron chi connectivity index (χ3n) is 6.84. The van der Waals surface area contributed by atoms with E-state index in [4.69, 9.17) is 33.1 Å². The predicted octanol–water partition coefficient (Wildman–Crippen LogP) is 2.59. The number of hydrogen-bond acceptors (Lipinski definition) is 8. The third kappa shape index (κ3) is 7.58. The molecule has 42 heavy (non-hydrogen) atoms. The van der Waals surface area contributed by atoms with Crippen LogP contribution in [0.15, 0.2) is 72.8 Å². The Kier molecular flexibility index (Phi) is 10.4. The van der Waals surface area contributed by atoms with Gasteiger partial charge in [-0.15, -0.1) is 0 Å². The lowest BCUT2D eigenvalue weighted by molar-refractivity contribution is -0.131. The quantitative estimate of drug-likeness (QED) is 0.175. The van der Waals surface area contributed by atoms with E-state index in [9.17, 15) is 23.1 Å². The highest BCUT2D eigenvalue weighted by molar-refractivity contribution is 7.90. The van der Waals surface area contributed by atoms with Crippen LogP contribution in [0.2, 0.25) is 10.0 Å². The van der Waals surface area contributed by atoms with Gasteiger partial charge in [0.25, 0.3) is 5.91 Å². The first-order valence-electron chi connectivity index (χ1n) is 12.8. The Balaban J connectivity index is 1.61. The fourth-order valence-corrected chi connectivity index (χ4v) is 6.24. The van der Waals surface area contributed by atoms with Gasteiger partial charge in [0.05, 0.1) is 25.8 Å². The van der Waals surface area contributed by atoms with E-state index in [2.05, 4.69) is 4.90 Å². The van der Waals surface area contributed by atoms with Gasteiger partial charge in [0.1, 0.15) is 17.5 Å². The average molecular weight is 638 g/mol. The van der Waals surface area contributed by atoms with Gasteiger partial charge < -0.3 is 14.7 Å². The summed E-state index contributed by atoms with van der Waals surface area (Å²) in [6.45, 7) is -0.120. The number of aliphatic hydroxyl groups is 1. The number of anilines is 1. The number of methoxy groups -OCH3 is 1. The first kappa shape index (κ1) is 31.7. The van der Waals surface area contributed by atoms with Crippen LogP contribution in [-0.4, -0.2) is 80.1 Å². The summed E-state index contributed by atoms with van der Waals surface area (Å²) in [4.78, 5) is 28.8. The smallest absolute Gasteiger partial charge is 0.263 e. The fourth-order valence-electron chi connectivity index (χ4n) is 4.83. The molecule has 0 aromatic heterocycles. The van der Waals surface area contributed by atoms with Crippen molar-refractivity contribution in [1.82, 2.24) is 15.1 Å². The molecule has 0 spiro atoms. The zero-order valence-electron chi connectivity index (χ0n) is 22.5. The maximum Gasteiger partial charge on any atom is 0.263 e. The number of benzene rings is 3. The minimum Gasteiger partial charge on any atom is -0.497 e. The highest BCUT2D eigenvalue weighted by Gasteiger charge is 2.41. The molecule has 1 atom stereocenters. The van der Waals surface area contributed by atoms with Crippen molar-refractivity contribution < 1.29 is 33.1 Å². The number of nitrogens with one attached hydrogen (secondary N) is 2. The van der Waals surface area contributed by atoms with E-state index in [1.165, 1.54) is 17.5 Å². The molecule has 1 aliphatic heterocycles. The number of halogens is 2. The summed E-state index contributed by atoms with van der Waals surface area (Å²) >= 11 is 12.3. The summed E-state index contributed by atoms with van der Waals surface area (Å²) in [5.74, 6) is -2.45. The topological polar surface area (TPSA) is 149 Å². The molecule has 224 valence electrons. The van der Waals surface area contributed by atoms with Gasteiger partial charge in [0.15, 0.2) is 0 Å². The van der Waals surface area contributed by atoms with Gasteiger partial charge >= 0.3 is 0 Å². The summed E-state index contributed by atoms with van der Waals surface area (Å²) in [6, 6.07) is 19.4. The second-order valence-electron chi connectivity index (χ2n) is 9.67. The third-order valence-corrected chi connectivity index (χ3v) is 8.61. The van der Waals surface area contributed by atoms with Gasteiger partial charge in [-0.2, -0.15) is 4.72 Å². The number of carbonyl (C=O) groups is 2. The molecule has 11 nitrogen and oxygen atoms in total. The number of nitrogens with zero attached hydrogens (tertiary/aromatic N) is 2. The van der Waals surface area contributed by atoms with E-state index >= 15 is 0 Å². The van der Waals surface area contributed by atoms with Crippen LogP contribution in [0.25, 0.3) is 0 Å². The van der Waals surface area contributed by atoms with Crippen molar-refractivity contribution in [1.29, 1.82) is 0 Å². The van der Waals surface area contributed by atoms with Crippen molar-refractivity contribution in [3.8, 4) is 5.75 Å². The number of aliphatic hydroxyl groups excluding tert-OH is 1. The van der Waals surface area contributed by atoms with Gasteiger partial charge in [0.2, 0.25) is 15.9 Å². The number of sulfonamides is 1. The van der Waals surface area contributed by atoms with Crippen molar-refractivity contribution in [3.63, 3.8) is 0 Å². The van der Waals surface area contributed by atoms with Gasteiger partial charge in [-0.25, -0.2) is 13.9 Å². The molecule has 0 bridgehead atoms. The molecular weight excluding hydrogens is 607 g/mol. The highest BCUT2D eigenvalue weighted by Crippen LogP contribution is 2.36. The molecule has 1 saturated heterocycles. The molecule has 1 fully saturated rings. The number of hydroxylamine groups is 1. The minimum atomic E-state index is -4.40. The Bertz CT molecular complexity index is 1460. The van der Waals surface area contributed by atoms with Gasteiger partial charge in [-0.3, -0.25) is 19.7 Å². The second-order valence-corrected chi connectivity index (χ2v) is 12.3. The van der Waals surface area contributed by atoms with E-state index in [1.807, 2.05) is 29.0 Å². The Hall–Kier alpha value is -3.23. The van der Waals surface area contributed by atoms with Crippen LogP contribution in [-0.2, 0) is 19.6 Å². The number of carbonyl (C=O) groups excluding carboxylic acids is 2. The van der Waals surface area contributed by atoms with Crippen molar-refractivity contribution in [3.05, 3.63) is 94.0 Å². The Labute approximate surface area is 253 Å². The summed E-state index contributed by atoms with van der Waals surface area (Å²) in [7, 11) is -2.92. The van der Waals surface area contributed by atoms with E-state index in [-0.39, 0.29) is 6.04 Å². The van der Waals surface area contributed by atoms with Crippen LogP contribution in [0.3, 0.4) is 0 Å². The van der Waals surface area contributed by atoms with Crippen LogP contribution >= 0.6 is 23.2 Å². The van der Waals surface area contributed by atoms with Crippen molar-refractivity contribution in [2.75, 3.05) is 37.5 Å².